The van der Waals surface area contributed by atoms with Gasteiger partial charge in [-0.05, 0) is 43.2 Å². The smallest absolute Gasteiger partial charge is 0.226 e. The molecule has 6 rings (SSSR count). The molecule has 0 atom stereocenters. The van der Waals surface area contributed by atoms with Gasteiger partial charge in [0.1, 0.15) is 12.0 Å². The van der Waals surface area contributed by atoms with E-state index in [1.54, 1.807) is 25.1 Å². The summed E-state index contributed by atoms with van der Waals surface area (Å²) in [6.45, 7) is 0. The molecule has 1 saturated carbocycles. The zero-order valence-electron chi connectivity index (χ0n) is 17.5. The van der Waals surface area contributed by atoms with E-state index in [4.69, 9.17) is 9.15 Å². The lowest BCUT2D eigenvalue weighted by Crippen LogP contribution is -1.99. The highest BCUT2D eigenvalue weighted by Gasteiger charge is 2.31. The summed E-state index contributed by atoms with van der Waals surface area (Å²) >= 11 is 1.64. The summed E-state index contributed by atoms with van der Waals surface area (Å²) in [5, 5.41) is 11.2. The van der Waals surface area contributed by atoms with E-state index in [2.05, 4.69) is 42.9 Å². The molecule has 32 heavy (non-hydrogen) atoms. The monoisotopic (exact) mass is 443 g/mol. The van der Waals surface area contributed by atoms with Gasteiger partial charge >= 0.3 is 0 Å². The lowest BCUT2D eigenvalue weighted by Gasteiger charge is -2.07. The van der Waals surface area contributed by atoms with Crippen LogP contribution in [0.1, 0.15) is 24.6 Å². The number of aromatic nitrogens is 5. The molecule has 7 nitrogen and oxygen atoms in total. The molecule has 1 aliphatic rings. The van der Waals surface area contributed by atoms with E-state index >= 15 is 0 Å². The van der Waals surface area contributed by atoms with Gasteiger partial charge in [0, 0.05) is 40.0 Å². The van der Waals surface area contributed by atoms with Crippen molar-refractivity contribution < 1.29 is 9.15 Å². The fraction of sp³-hybridized carbons (Fsp3) is 0.208. The van der Waals surface area contributed by atoms with Crippen molar-refractivity contribution in [3.05, 3.63) is 66.7 Å². The number of benzene rings is 2. The third-order valence-corrected chi connectivity index (χ3v) is 6.62. The minimum atomic E-state index is 0.461. The lowest BCUT2D eigenvalue weighted by atomic mass is 10.1. The van der Waals surface area contributed by atoms with Gasteiger partial charge in [-0.1, -0.05) is 30.0 Å². The number of thioether (sulfide) groups is 1. The van der Waals surface area contributed by atoms with Crippen LogP contribution in [0.4, 0.5) is 0 Å². The highest BCUT2D eigenvalue weighted by atomic mass is 32.2. The highest BCUT2D eigenvalue weighted by Crippen LogP contribution is 2.42. The molecule has 0 aliphatic heterocycles. The van der Waals surface area contributed by atoms with Crippen LogP contribution < -0.4 is 4.74 Å². The van der Waals surface area contributed by atoms with Crippen LogP contribution >= 0.6 is 11.8 Å². The van der Waals surface area contributed by atoms with Crippen molar-refractivity contribution >= 4 is 22.7 Å². The number of ether oxygens (including phenoxy) is 1. The van der Waals surface area contributed by atoms with Gasteiger partial charge in [0.15, 0.2) is 11.0 Å². The van der Waals surface area contributed by atoms with E-state index in [-0.39, 0.29) is 0 Å². The third kappa shape index (κ3) is 3.46. The van der Waals surface area contributed by atoms with Crippen molar-refractivity contribution in [1.82, 2.24) is 24.7 Å². The Kier molecular flexibility index (Phi) is 4.72. The Morgan fingerprint density at radius 2 is 1.97 bits per heavy atom. The van der Waals surface area contributed by atoms with Crippen LogP contribution in [-0.4, -0.2) is 31.8 Å². The fourth-order valence-electron chi connectivity index (χ4n) is 3.86. The molecule has 1 fully saturated rings. The Morgan fingerprint density at radius 1 is 1.12 bits per heavy atom. The number of fused-ring (bicyclic) bond motifs is 1. The molecule has 3 heterocycles. The van der Waals surface area contributed by atoms with Crippen molar-refractivity contribution in [2.24, 2.45) is 0 Å². The van der Waals surface area contributed by atoms with Crippen LogP contribution in [0.3, 0.4) is 0 Å². The summed E-state index contributed by atoms with van der Waals surface area (Å²) in [7, 11) is 1.65. The van der Waals surface area contributed by atoms with Gasteiger partial charge in [-0.3, -0.25) is 4.57 Å². The van der Waals surface area contributed by atoms with Crippen LogP contribution in [0.5, 0.6) is 5.75 Å². The third-order valence-electron chi connectivity index (χ3n) is 5.64. The Hall–Kier alpha value is -3.52. The van der Waals surface area contributed by atoms with Crippen molar-refractivity contribution in [2.75, 3.05) is 7.11 Å². The van der Waals surface area contributed by atoms with E-state index < -0.39 is 0 Å². The first-order valence-electron chi connectivity index (χ1n) is 10.5. The molecule has 160 valence electrons. The molecule has 0 unspecified atom stereocenters. The standard InChI is InChI=1S/C24H21N5O2S/c1-30-18-10-6-15(7-11-18)23-26-16(13-31-23)14-32-24-28-27-22(29(24)17-8-9-17)20-12-25-21-5-3-2-4-19(20)21/h2-7,10-13,17,25H,8-9,14H2,1H3. The van der Waals surface area contributed by atoms with Crippen LogP contribution in [0.2, 0.25) is 0 Å². The zero-order chi connectivity index (χ0) is 21.5. The average molecular weight is 444 g/mol. The Morgan fingerprint density at radius 3 is 2.78 bits per heavy atom. The number of oxazole rings is 1. The number of hydrogen-bond acceptors (Lipinski definition) is 6. The van der Waals surface area contributed by atoms with E-state index in [1.807, 2.05) is 36.5 Å². The molecule has 1 aliphatic carbocycles. The van der Waals surface area contributed by atoms with Crippen molar-refractivity contribution in [3.8, 4) is 28.6 Å². The summed E-state index contributed by atoms with van der Waals surface area (Å²) in [5.41, 5.74) is 4.00. The number of rotatable bonds is 7. The van der Waals surface area contributed by atoms with Gasteiger partial charge in [0.2, 0.25) is 5.89 Å². The molecule has 0 saturated heterocycles. The number of H-pyrrole nitrogens is 1. The summed E-state index contributed by atoms with van der Waals surface area (Å²) in [6.07, 6.45) is 6.06. The highest BCUT2D eigenvalue weighted by molar-refractivity contribution is 7.98. The molecule has 1 N–H and O–H groups in total. The number of methoxy groups -OCH3 is 1. The first-order valence-corrected chi connectivity index (χ1v) is 11.5. The van der Waals surface area contributed by atoms with E-state index in [9.17, 15) is 0 Å². The van der Waals surface area contributed by atoms with Crippen LogP contribution in [0, 0.1) is 0 Å². The largest absolute Gasteiger partial charge is 0.497 e. The van der Waals surface area contributed by atoms with Gasteiger partial charge in [-0.25, -0.2) is 4.98 Å². The predicted molar refractivity (Wildman–Crippen MR) is 124 cm³/mol. The molecule has 0 spiro atoms. The number of nitrogens with zero attached hydrogens (tertiary/aromatic N) is 4. The SMILES string of the molecule is COc1ccc(-c2nc(CSc3nnc(-c4c[nH]c5ccccc45)n3C3CC3)co2)cc1. The molecule has 0 amide bonds. The fourth-order valence-corrected chi connectivity index (χ4v) is 4.74. The lowest BCUT2D eigenvalue weighted by molar-refractivity contribution is 0.415. The molecule has 3 aromatic heterocycles. The van der Waals surface area contributed by atoms with E-state index in [0.29, 0.717) is 17.7 Å². The second kappa shape index (κ2) is 7.87. The molecular weight excluding hydrogens is 422 g/mol. The van der Waals surface area contributed by atoms with Crippen molar-refractivity contribution in [2.45, 2.75) is 29.8 Å². The van der Waals surface area contributed by atoms with Gasteiger partial charge in [-0.2, -0.15) is 0 Å². The number of aromatic amines is 1. The maximum Gasteiger partial charge on any atom is 0.226 e. The van der Waals surface area contributed by atoms with Gasteiger partial charge < -0.3 is 14.1 Å². The number of para-hydroxylation sites is 1. The molecule has 0 bridgehead atoms. The topological polar surface area (TPSA) is 81.8 Å². The first-order chi connectivity index (χ1) is 15.8. The average Bonchev–Trinajstić information content (AvgIpc) is 3.24. The van der Waals surface area contributed by atoms with Crippen LogP contribution in [0.15, 0.2) is 70.6 Å². The number of nitrogens with one attached hydrogen (secondary N) is 1. The van der Waals surface area contributed by atoms with E-state index in [0.717, 1.165) is 51.9 Å². The molecular formula is C24H21N5O2S. The van der Waals surface area contributed by atoms with Gasteiger partial charge in [0.05, 0.1) is 12.8 Å². The van der Waals surface area contributed by atoms with Crippen molar-refractivity contribution in [1.29, 1.82) is 0 Å². The minimum Gasteiger partial charge on any atom is -0.497 e. The van der Waals surface area contributed by atoms with E-state index in [1.165, 1.54) is 5.39 Å². The molecule has 0 radical (unpaired) electrons. The van der Waals surface area contributed by atoms with Gasteiger partial charge in [0.25, 0.3) is 0 Å². The van der Waals surface area contributed by atoms with Crippen molar-refractivity contribution in [3.63, 3.8) is 0 Å². The first kappa shape index (κ1) is 19.2. The second-order valence-electron chi connectivity index (χ2n) is 7.82. The Balaban J connectivity index is 1.24. The zero-order valence-corrected chi connectivity index (χ0v) is 18.3. The van der Waals surface area contributed by atoms with Gasteiger partial charge in [-0.15, -0.1) is 10.2 Å². The maximum absolute atomic E-state index is 5.70. The number of hydrogen-bond donors (Lipinski definition) is 1. The molecule has 8 heteroatoms. The normalized spacial score (nSPS) is 13.7. The second-order valence-corrected chi connectivity index (χ2v) is 8.76. The molecule has 5 aromatic rings. The summed E-state index contributed by atoms with van der Waals surface area (Å²) < 4.78 is 13.2. The summed E-state index contributed by atoms with van der Waals surface area (Å²) in [6, 6.07) is 16.4. The molecule has 2 aromatic carbocycles. The Labute approximate surface area is 188 Å². The quantitative estimate of drug-likeness (QED) is 0.324. The Bertz CT molecular complexity index is 1380. The summed E-state index contributed by atoms with van der Waals surface area (Å²) in [4.78, 5) is 8.00. The maximum atomic E-state index is 5.70. The predicted octanol–water partition coefficient (Wildman–Crippen LogP) is 5.72. The van der Waals surface area contributed by atoms with Crippen LogP contribution in [0.25, 0.3) is 33.7 Å². The van der Waals surface area contributed by atoms with Crippen LogP contribution in [-0.2, 0) is 5.75 Å². The minimum absolute atomic E-state index is 0.461. The summed E-state index contributed by atoms with van der Waals surface area (Å²) in [5.74, 6) is 3.00.